The molecule has 1 atom stereocenters. The lowest BCUT2D eigenvalue weighted by atomic mass is 10.1. The van der Waals surface area contributed by atoms with Gasteiger partial charge in [0, 0.05) is 30.2 Å². The molecule has 0 radical (unpaired) electrons. The molecule has 1 aromatic rings. The Labute approximate surface area is 107 Å². The van der Waals surface area contributed by atoms with Crippen molar-refractivity contribution in [2.24, 2.45) is 0 Å². The summed E-state index contributed by atoms with van der Waals surface area (Å²) in [4.78, 5) is 12.3. The summed E-state index contributed by atoms with van der Waals surface area (Å²) < 4.78 is 0. The first-order chi connectivity index (χ1) is 8.17. The van der Waals surface area contributed by atoms with Gasteiger partial charge < -0.3 is 10.6 Å². The molecule has 17 heavy (non-hydrogen) atoms. The van der Waals surface area contributed by atoms with Crippen LogP contribution in [-0.4, -0.2) is 25.8 Å². The third kappa shape index (κ3) is 4.79. The highest BCUT2D eigenvalue weighted by Gasteiger charge is 2.03. The van der Waals surface area contributed by atoms with Crippen molar-refractivity contribution in [1.82, 2.24) is 10.6 Å². The Morgan fingerprint density at radius 1 is 1.29 bits per heavy atom. The summed E-state index contributed by atoms with van der Waals surface area (Å²) >= 11 is 1.71. The summed E-state index contributed by atoms with van der Waals surface area (Å²) in [6.45, 7) is 2.13. The zero-order valence-corrected chi connectivity index (χ0v) is 11.4. The number of hydrogen-bond donors (Lipinski definition) is 2. The first kappa shape index (κ1) is 14.1. The molecule has 0 aliphatic rings. The van der Waals surface area contributed by atoms with Gasteiger partial charge in [-0.05, 0) is 31.7 Å². The second kappa shape index (κ2) is 7.35. The predicted molar refractivity (Wildman–Crippen MR) is 73.3 cm³/mol. The van der Waals surface area contributed by atoms with E-state index in [4.69, 9.17) is 0 Å². The molecule has 0 aliphatic heterocycles. The van der Waals surface area contributed by atoms with Crippen molar-refractivity contribution < 1.29 is 4.79 Å². The molecule has 0 spiro atoms. The van der Waals surface area contributed by atoms with Gasteiger partial charge in [0.15, 0.2) is 0 Å². The molecule has 2 N–H and O–H groups in total. The molecule has 0 bridgehead atoms. The molecule has 3 nitrogen and oxygen atoms in total. The van der Waals surface area contributed by atoms with E-state index >= 15 is 0 Å². The maximum Gasteiger partial charge on any atom is 0.220 e. The Hall–Kier alpha value is -1.00. The van der Waals surface area contributed by atoms with Crippen LogP contribution < -0.4 is 10.6 Å². The van der Waals surface area contributed by atoms with Crippen molar-refractivity contribution in [3.8, 4) is 0 Å². The predicted octanol–water partition coefficient (Wildman–Crippen LogP) is 2.20. The zero-order chi connectivity index (χ0) is 12.7. The Morgan fingerprint density at radius 3 is 2.47 bits per heavy atom. The van der Waals surface area contributed by atoms with Crippen LogP contribution in [-0.2, 0) is 4.79 Å². The van der Waals surface area contributed by atoms with Gasteiger partial charge in [-0.1, -0.05) is 12.1 Å². The molecule has 0 heterocycles. The summed E-state index contributed by atoms with van der Waals surface area (Å²) in [6.07, 6.45) is 0.565. The van der Waals surface area contributed by atoms with E-state index in [2.05, 4.69) is 41.8 Å². The summed E-state index contributed by atoms with van der Waals surface area (Å²) in [5, 5.41) is 5.83. The normalized spacial score (nSPS) is 12.2. The average Bonchev–Trinajstić information content (AvgIpc) is 2.38. The minimum Gasteiger partial charge on any atom is -0.359 e. The first-order valence-corrected chi connectivity index (χ1v) is 6.76. The molecule has 0 aromatic heterocycles. The van der Waals surface area contributed by atoms with Gasteiger partial charge in [0.05, 0.1) is 0 Å². The van der Waals surface area contributed by atoms with E-state index in [0.717, 1.165) is 5.75 Å². The molecule has 0 aliphatic carbocycles. The molecular weight excluding hydrogens is 232 g/mol. The van der Waals surface area contributed by atoms with E-state index in [1.165, 1.54) is 10.5 Å². The SMILES string of the molecule is CNC(=O)CCSc1ccc(C(C)NC)cc1. The quantitative estimate of drug-likeness (QED) is 0.763. The van der Waals surface area contributed by atoms with Crippen molar-refractivity contribution >= 4 is 17.7 Å². The molecule has 1 unspecified atom stereocenters. The highest BCUT2D eigenvalue weighted by molar-refractivity contribution is 7.99. The Balaban J connectivity index is 2.43. The zero-order valence-electron chi connectivity index (χ0n) is 10.6. The fraction of sp³-hybridized carbons (Fsp3) is 0.462. The van der Waals surface area contributed by atoms with E-state index in [9.17, 15) is 4.79 Å². The van der Waals surface area contributed by atoms with Gasteiger partial charge in [0.25, 0.3) is 0 Å². The van der Waals surface area contributed by atoms with Gasteiger partial charge in [0.2, 0.25) is 5.91 Å². The minimum absolute atomic E-state index is 0.0953. The summed E-state index contributed by atoms with van der Waals surface area (Å²) in [7, 11) is 3.62. The highest BCUT2D eigenvalue weighted by atomic mass is 32.2. The van der Waals surface area contributed by atoms with Crippen LogP contribution in [0.15, 0.2) is 29.2 Å². The smallest absolute Gasteiger partial charge is 0.220 e. The number of nitrogens with one attached hydrogen (secondary N) is 2. The molecule has 94 valence electrons. The third-order valence-corrected chi connectivity index (χ3v) is 3.70. The fourth-order valence-corrected chi connectivity index (χ4v) is 2.26. The standard InChI is InChI=1S/C13H20N2OS/c1-10(14-2)11-4-6-12(7-5-11)17-9-8-13(16)15-3/h4-7,10,14H,8-9H2,1-3H3,(H,15,16). The molecule has 1 aromatic carbocycles. The molecule has 1 rings (SSSR count). The summed E-state index contributed by atoms with van der Waals surface area (Å²) in [6, 6.07) is 8.85. The van der Waals surface area contributed by atoms with Crippen molar-refractivity contribution in [3.63, 3.8) is 0 Å². The van der Waals surface area contributed by atoms with E-state index in [1.54, 1.807) is 18.8 Å². The molecule has 4 heteroatoms. The van der Waals surface area contributed by atoms with Gasteiger partial charge >= 0.3 is 0 Å². The fourth-order valence-electron chi connectivity index (χ4n) is 1.41. The van der Waals surface area contributed by atoms with Crippen LogP contribution in [0.3, 0.4) is 0 Å². The molecule has 1 amide bonds. The number of carbonyl (C=O) groups is 1. The van der Waals surface area contributed by atoms with Crippen LogP contribution in [0.4, 0.5) is 0 Å². The number of benzene rings is 1. The summed E-state index contributed by atoms with van der Waals surface area (Å²) in [5.41, 5.74) is 1.28. The minimum atomic E-state index is 0.0953. The maximum absolute atomic E-state index is 11.1. The molecular formula is C13H20N2OS. The number of amides is 1. The van der Waals surface area contributed by atoms with Gasteiger partial charge in [-0.25, -0.2) is 0 Å². The van der Waals surface area contributed by atoms with Crippen LogP contribution in [0.5, 0.6) is 0 Å². The molecule has 0 fully saturated rings. The maximum atomic E-state index is 11.1. The lowest BCUT2D eigenvalue weighted by molar-refractivity contribution is -0.120. The van der Waals surface area contributed by atoms with E-state index in [0.29, 0.717) is 12.5 Å². The van der Waals surface area contributed by atoms with Gasteiger partial charge in [-0.15, -0.1) is 11.8 Å². The summed E-state index contributed by atoms with van der Waals surface area (Å²) in [5.74, 6) is 0.915. The monoisotopic (exact) mass is 252 g/mol. The van der Waals surface area contributed by atoms with E-state index < -0.39 is 0 Å². The van der Waals surface area contributed by atoms with Crippen LogP contribution in [0.1, 0.15) is 24.9 Å². The Bertz CT molecular complexity index is 351. The van der Waals surface area contributed by atoms with Crippen LogP contribution in [0.25, 0.3) is 0 Å². The van der Waals surface area contributed by atoms with Crippen molar-refractivity contribution in [2.45, 2.75) is 24.3 Å². The average molecular weight is 252 g/mol. The van der Waals surface area contributed by atoms with Crippen LogP contribution >= 0.6 is 11.8 Å². The number of carbonyl (C=O) groups excluding carboxylic acids is 1. The second-order valence-electron chi connectivity index (χ2n) is 3.85. The van der Waals surface area contributed by atoms with Crippen LogP contribution in [0, 0.1) is 0 Å². The number of thioether (sulfide) groups is 1. The van der Waals surface area contributed by atoms with Crippen molar-refractivity contribution in [2.75, 3.05) is 19.8 Å². The lowest BCUT2D eigenvalue weighted by Crippen LogP contribution is -2.17. The number of rotatable bonds is 6. The molecule has 0 saturated carbocycles. The third-order valence-electron chi connectivity index (χ3n) is 2.69. The van der Waals surface area contributed by atoms with Gasteiger partial charge in [-0.3, -0.25) is 4.79 Å². The van der Waals surface area contributed by atoms with Gasteiger partial charge in [-0.2, -0.15) is 0 Å². The van der Waals surface area contributed by atoms with Gasteiger partial charge in [0.1, 0.15) is 0 Å². The van der Waals surface area contributed by atoms with E-state index in [-0.39, 0.29) is 5.91 Å². The topological polar surface area (TPSA) is 41.1 Å². The molecule has 0 saturated heterocycles. The van der Waals surface area contributed by atoms with Crippen molar-refractivity contribution in [3.05, 3.63) is 29.8 Å². The van der Waals surface area contributed by atoms with Crippen molar-refractivity contribution in [1.29, 1.82) is 0 Å². The highest BCUT2D eigenvalue weighted by Crippen LogP contribution is 2.21. The second-order valence-corrected chi connectivity index (χ2v) is 5.02. The Morgan fingerprint density at radius 2 is 1.94 bits per heavy atom. The largest absolute Gasteiger partial charge is 0.359 e. The lowest BCUT2D eigenvalue weighted by Gasteiger charge is -2.10. The number of hydrogen-bond acceptors (Lipinski definition) is 3. The first-order valence-electron chi connectivity index (χ1n) is 5.78. The van der Waals surface area contributed by atoms with E-state index in [1.807, 2.05) is 7.05 Å². The van der Waals surface area contributed by atoms with Crippen LogP contribution in [0.2, 0.25) is 0 Å². The Kier molecular flexibility index (Phi) is 6.08.